The molecule has 0 aliphatic rings. The molecule has 8 aromatic heterocycles. The smallest absolute Gasteiger partial charge is 0.0160 e. The molecule has 0 unspecified atom stereocenters. The van der Waals surface area contributed by atoms with Gasteiger partial charge in [-0.1, -0.05) is 97.1 Å². The molecule has 8 nitrogen and oxygen atoms in total. The summed E-state index contributed by atoms with van der Waals surface area (Å²) in [5, 5.41) is 0. The molecule has 16 aromatic rings. The van der Waals surface area contributed by atoms with Crippen molar-refractivity contribution in [2.24, 2.45) is 0 Å². The van der Waals surface area contributed by atoms with Crippen molar-refractivity contribution in [2.75, 3.05) is 0 Å². The number of nitrogens with zero attached hydrogens (tertiary/aromatic N) is 8. The summed E-state index contributed by atoms with van der Waals surface area (Å²) >= 11 is 0. The standard InChI is InChI=1S/8C11H8N.8CH3.4Ir/c8*1-2-6-10(7-3-1)11-8-4-5-9-12-11;;;;;;;;;;;;/h8*1-6,8-9H;8*1H3;;;;/q16*-1;;;;. The summed E-state index contributed by atoms with van der Waals surface area (Å²) in [5.41, 5.74) is 16.1. The Morgan fingerprint density at radius 2 is 0.231 bits per heavy atom. The third-order valence-electron chi connectivity index (χ3n) is 13.2. The van der Waals surface area contributed by atoms with E-state index in [1.165, 1.54) is 0 Å². The number of aromatic nitrogens is 8. The Bertz CT molecular complexity index is 3340. The summed E-state index contributed by atoms with van der Waals surface area (Å²) < 4.78 is 0. The average Bonchev–Trinajstić information content (AvgIpc) is 0.965. The van der Waals surface area contributed by atoms with Crippen LogP contribution in [0.1, 0.15) is 0 Å². The van der Waals surface area contributed by atoms with Crippen LogP contribution in [-0.4, -0.2) is 39.9 Å². The van der Waals surface area contributed by atoms with Gasteiger partial charge in [0, 0.05) is 130 Å². The van der Waals surface area contributed by atoms with E-state index < -0.39 is 0 Å². The molecule has 0 N–H and O–H groups in total. The van der Waals surface area contributed by atoms with Gasteiger partial charge in [-0.15, -0.1) is 287 Å². The molecule has 0 aliphatic carbocycles. The molecule has 8 aromatic carbocycles. The SMILES string of the molecule is [CH3-].[CH3-].[CH3-].[CH3-].[CH3-].[CH3-].[CH3-].[CH3-].[Ir].[Ir].[Ir].[Ir].[c-]1ccccc1-c1ccccn1.[c-]1ccccc1-c1ccccn1.[c-]1ccccc1-c1ccccn1.[c-]1ccccc1-c1ccccn1.[c-]1ccccc1-c1ccccn1.[c-]1ccccc1-c1ccccn1.[c-]1ccccc1-c1ccccn1.[c-]1ccccc1-c1ccccn1. The normalized spacial score (nSPS) is 8.59. The third-order valence-corrected chi connectivity index (χ3v) is 13.2. The fraction of sp³-hybridized carbons (Fsp3) is 0. The van der Waals surface area contributed by atoms with Crippen molar-refractivity contribution in [3.8, 4) is 90.1 Å². The van der Waals surface area contributed by atoms with E-state index in [4.69, 9.17) is 0 Å². The molecule has 0 fully saturated rings. The van der Waals surface area contributed by atoms with Crippen LogP contribution in [-0.2, 0) is 80.4 Å². The zero-order valence-corrected chi connectivity index (χ0v) is 71.4. The summed E-state index contributed by atoms with van der Waals surface area (Å²) in [6.45, 7) is 0. The Kier molecular flexibility index (Phi) is 61.4. The first kappa shape index (κ1) is 104. The van der Waals surface area contributed by atoms with Crippen molar-refractivity contribution < 1.29 is 80.4 Å². The first-order valence-electron chi connectivity index (χ1n) is 30.8. The first-order chi connectivity index (χ1) is 47.7. The van der Waals surface area contributed by atoms with Crippen LogP contribution in [0, 0.1) is 108 Å². The molecule has 4 radical (unpaired) electrons. The molecule has 0 amide bonds. The van der Waals surface area contributed by atoms with Crippen LogP contribution in [0.4, 0.5) is 0 Å². The largest absolute Gasteiger partial charge is 0.358 e. The van der Waals surface area contributed by atoms with Crippen molar-refractivity contribution in [3.63, 3.8) is 0 Å². The molecule has 16 rings (SSSR count). The molecule has 0 atom stereocenters. The van der Waals surface area contributed by atoms with E-state index in [9.17, 15) is 0 Å². The van der Waals surface area contributed by atoms with Crippen LogP contribution in [0.15, 0.2) is 389 Å². The summed E-state index contributed by atoms with van der Waals surface area (Å²) in [6.07, 6.45) is 14.3. The monoisotopic (exact) mass is 2120 g/mol. The van der Waals surface area contributed by atoms with Gasteiger partial charge in [0.25, 0.3) is 0 Å². The second-order valence-electron chi connectivity index (χ2n) is 19.9. The zero-order chi connectivity index (χ0) is 65.8. The van der Waals surface area contributed by atoms with Gasteiger partial charge < -0.3 is 99.3 Å². The van der Waals surface area contributed by atoms with Crippen molar-refractivity contribution in [2.45, 2.75) is 0 Å². The van der Waals surface area contributed by atoms with E-state index in [2.05, 4.69) is 88.4 Å². The van der Waals surface area contributed by atoms with Crippen molar-refractivity contribution in [1.29, 1.82) is 0 Å². The Hall–Kier alpha value is -10.4. The van der Waals surface area contributed by atoms with Crippen LogP contribution < -0.4 is 0 Å². The Labute approximate surface area is 701 Å². The van der Waals surface area contributed by atoms with Crippen LogP contribution in [0.2, 0.25) is 0 Å². The van der Waals surface area contributed by atoms with E-state index in [0.717, 1.165) is 90.1 Å². The van der Waals surface area contributed by atoms with Gasteiger partial charge in [-0.2, -0.15) is 0 Å². The quantitative estimate of drug-likeness (QED) is 0.139. The minimum absolute atomic E-state index is 0. The fourth-order valence-electron chi connectivity index (χ4n) is 8.60. The van der Waals surface area contributed by atoms with Gasteiger partial charge in [-0.25, -0.2) is 0 Å². The van der Waals surface area contributed by atoms with E-state index in [0.29, 0.717) is 0 Å². The molecule has 0 bridgehead atoms. The van der Waals surface area contributed by atoms with Gasteiger partial charge in [-0.3, -0.25) is 0 Å². The average molecular weight is 2120 g/mol. The van der Waals surface area contributed by atoms with Gasteiger partial charge in [0.1, 0.15) is 0 Å². The maximum atomic E-state index is 4.22. The number of benzene rings is 8. The summed E-state index contributed by atoms with van der Waals surface area (Å²) in [4.78, 5) is 33.7. The minimum atomic E-state index is 0. The topological polar surface area (TPSA) is 103 Å². The van der Waals surface area contributed by atoms with Crippen molar-refractivity contribution in [1.82, 2.24) is 39.9 Å². The van der Waals surface area contributed by atoms with Crippen LogP contribution in [0.5, 0.6) is 0 Å². The Balaban J connectivity index is -0.000000563. The molecule has 12 heteroatoms. The second-order valence-corrected chi connectivity index (χ2v) is 19.9. The number of hydrogen-bond acceptors (Lipinski definition) is 8. The fourth-order valence-corrected chi connectivity index (χ4v) is 8.60. The molecule has 108 heavy (non-hydrogen) atoms. The van der Waals surface area contributed by atoms with E-state index >= 15 is 0 Å². The first-order valence-corrected chi connectivity index (χ1v) is 30.8. The van der Waals surface area contributed by atoms with Crippen molar-refractivity contribution >= 4 is 0 Å². The third kappa shape index (κ3) is 38.2. The molecular formula is C96H88Ir4N8-16. The maximum Gasteiger partial charge on any atom is 0.0160 e. The zero-order valence-electron chi connectivity index (χ0n) is 61.9. The van der Waals surface area contributed by atoms with Crippen molar-refractivity contribution in [3.05, 3.63) is 497 Å². The predicted molar refractivity (Wildman–Crippen MR) is 439 cm³/mol. The van der Waals surface area contributed by atoms with E-state index in [1.807, 2.05) is 340 Å². The predicted octanol–water partition coefficient (Wildman–Crippen LogP) is 24.0. The van der Waals surface area contributed by atoms with Gasteiger partial charge in [0.2, 0.25) is 0 Å². The molecular weight excluding hydrogens is 2030 g/mol. The molecule has 0 spiro atoms. The van der Waals surface area contributed by atoms with E-state index in [-0.39, 0.29) is 140 Å². The Morgan fingerprint density at radius 3 is 0.306 bits per heavy atom. The molecule has 0 aliphatic heterocycles. The number of pyridine rings is 8. The van der Waals surface area contributed by atoms with Crippen LogP contribution >= 0.6 is 0 Å². The summed E-state index contributed by atoms with van der Waals surface area (Å²) in [7, 11) is 0. The summed E-state index contributed by atoms with van der Waals surface area (Å²) in [6, 6.07) is 135. The van der Waals surface area contributed by atoms with Gasteiger partial charge in [-0.05, 0) is 94.1 Å². The molecule has 0 saturated heterocycles. The Morgan fingerprint density at radius 1 is 0.130 bits per heavy atom. The molecule has 564 valence electrons. The van der Waals surface area contributed by atoms with Gasteiger partial charge in [0.05, 0.1) is 0 Å². The van der Waals surface area contributed by atoms with Gasteiger partial charge >= 0.3 is 0 Å². The second kappa shape index (κ2) is 63.8. The van der Waals surface area contributed by atoms with Crippen LogP contribution in [0.3, 0.4) is 0 Å². The van der Waals surface area contributed by atoms with E-state index in [1.54, 1.807) is 49.6 Å². The minimum Gasteiger partial charge on any atom is -0.358 e. The molecule has 8 heterocycles. The maximum absolute atomic E-state index is 4.22. The number of rotatable bonds is 8. The molecule has 0 saturated carbocycles. The number of hydrogen-bond donors (Lipinski definition) is 0. The summed E-state index contributed by atoms with van der Waals surface area (Å²) in [5.74, 6) is 0. The van der Waals surface area contributed by atoms with Crippen LogP contribution in [0.25, 0.3) is 90.1 Å². The van der Waals surface area contributed by atoms with Gasteiger partial charge in [0.15, 0.2) is 0 Å².